The van der Waals surface area contributed by atoms with E-state index in [4.69, 9.17) is 5.53 Å². The zero-order valence-corrected chi connectivity index (χ0v) is 13.4. The second-order valence-electron chi connectivity index (χ2n) is 5.54. The molecule has 118 valence electrons. The number of pyridine rings is 1. The minimum Gasteiger partial charge on any atom is -0.191 e. The molecule has 4 nitrogen and oxygen atoms in total. The number of nitrogens with zero attached hydrogens (tertiary/aromatic N) is 4. The normalized spacial score (nSPS) is 10.8. The summed E-state index contributed by atoms with van der Waals surface area (Å²) in [5.74, 6) is 0. The number of rotatable bonds is 6. The van der Waals surface area contributed by atoms with Crippen LogP contribution in [-0.4, -0.2) is 6.54 Å². The highest BCUT2D eigenvalue weighted by molar-refractivity contribution is 5.75. The molecule has 0 aliphatic carbocycles. The lowest BCUT2D eigenvalue weighted by molar-refractivity contribution is -0.669. The van der Waals surface area contributed by atoms with Crippen molar-refractivity contribution in [2.75, 3.05) is 6.54 Å². The van der Waals surface area contributed by atoms with E-state index < -0.39 is 0 Å². The van der Waals surface area contributed by atoms with Crippen LogP contribution in [-0.2, 0) is 13.0 Å². The topological polar surface area (TPSA) is 52.6 Å². The molecule has 0 aliphatic rings. The summed E-state index contributed by atoms with van der Waals surface area (Å²) in [5, 5.41) is 4.76. The van der Waals surface area contributed by atoms with Crippen molar-refractivity contribution in [1.82, 2.24) is 0 Å². The second-order valence-corrected chi connectivity index (χ2v) is 5.54. The first-order chi connectivity index (χ1) is 11.9. The van der Waals surface area contributed by atoms with Crippen LogP contribution >= 0.6 is 0 Å². The van der Waals surface area contributed by atoms with Gasteiger partial charge in [-0.2, -0.15) is 4.57 Å². The van der Waals surface area contributed by atoms with Crippen LogP contribution in [0.4, 0.5) is 0 Å². The first-order valence-electron chi connectivity index (χ1n) is 7.99. The molecule has 0 bridgehead atoms. The number of hydrogen-bond donors (Lipinski definition) is 0. The van der Waals surface area contributed by atoms with Gasteiger partial charge in [0.25, 0.3) is 0 Å². The van der Waals surface area contributed by atoms with Crippen molar-refractivity contribution >= 4 is 10.9 Å². The van der Waals surface area contributed by atoms with E-state index in [1.807, 2.05) is 12.1 Å². The number of allylic oxidation sites excluding steroid dienone is 1. The monoisotopic (exact) mass is 315 g/mol. The molecule has 0 saturated carbocycles. The minimum atomic E-state index is 0.392. The van der Waals surface area contributed by atoms with Gasteiger partial charge >= 0.3 is 0 Å². The summed E-state index contributed by atoms with van der Waals surface area (Å²) in [4.78, 5) is 2.76. The Bertz CT molecular complexity index is 894. The van der Waals surface area contributed by atoms with Crippen molar-refractivity contribution in [2.24, 2.45) is 5.11 Å². The minimum absolute atomic E-state index is 0.392. The van der Waals surface area contributed by atoms with Gasteiger partial charge in [-0.3, -0.25) is 0 Å². The molecule has 24 heavy (non-hydrogen) atoms. The van der Waals surface area contributed by atoms with E-state index in [0.717, 1.165) is 13.0 Å². The summed E-state index contributed by atoms with van der Waals surface area (Å²) in [5.41, 5.74) is 12.1. The molecule has 1 aromatic heterocycles. The first kappa shape index (κ1) is 15.8. The van der Waals surface area contributed by atoms with E-state index in [1.54, 1.807) is 0 Å². The van der Waals surface area contributed by atoms with Gasteiger partial charge in [-0.15, -0.1) is 0 Å². The average molecular weight is 315 g/mol. The van der Waals surface area contributed by atoms with E-state index in [-0.39, 0.29) is 0 Å². The van der Waals surface area contributed by atoms with Crippen LogP contribution in [0.3, 0.4) is 0 Å². The lowest BCUT2D eigenvalue weighted by Gasteiger charge is -2.06. The zero-order valence-electron chi connectivity index (χ0n) is 13.4. The lowest BCUT2D eigenvalue weighted by Crippen LogP contribution is -2.39. The zero-order chi connectivity index (χ0) is 16.6. The van der Waals surface area contributed by atoms with Gasteiger partial charge in [0.05, 0.1) is 6.42 Å². The molecular weight excluding hydrogens is 296 g/mol. The fraction of sp³-hybridized carbons (Fsp3) is 0.150. The Morgan fingerprint density at radius 3 is 2.54 bits per heavy atom. The molecule has 0 unspecified atom stereocenters. The molecule has 0 saturated heterocycles. The Balaban J connectivity index is 1.96. The third kappa shape index (κ3) is 3.80. The van der Waals surface area contributed by atoms with Crippen LogP contribution in [0, 0.1) is 0 Å². The first-order valence-corrected chi connectivity index (χ1v) is 7.99. The number of azide groups is 1. The molecular formula is C20H19N4+. The summed E-state index contributed by atoms with van der Waals surface area (Å²) < 4.78 is 2.35. The van der Waals surface area contributed by atoms with Crippen LogP contribution < -0.4 is 4.57 Å². The highest BCUT2D eigenvalue weighted by Crippen LogP contribution is 2.12. The summed E-state index contributed by atoms with van der Waals surface area (Å²) in [6.07, 6.45) is 4.76. The largest absolute Gasteiger partial charge is 0.212 e. The number of fused-ring (bicyclic) bond motifs is 1. The van der Waals surface area contributed by atoms with Gasteiger partial charge in [-0.1, -0.05) is 59.7 Å². The molecule has 0 atom stereocenters. The van der Waals surface area contributed by atoms with Gasteiger partial charge in [0, 0.05) is 34.5 Å². The molecule has 4 heteroatoms. The molecule has 3 aromatic rings. The molecule has 0 radical (unpaired) electrons. The maximum absolute atomic E-state index is 8.33. The van der Waals surface area contributed by atoms with E-state index >= 15 is 0 Å². The van der Waals surface area contributed by atoms with Crippen LogP contribution in [0.25, 0.3) is 21.3 Å². The fourth-order valence-electron chi connectivity index (χ4n) is 2.80. The van der Waals surface area contributed by atoms with Gasteiger partial charge in [-0.05, 0) is 17.7 Å². The van der Waals surface area contributed by atoms with Crippen molar-refractivity contribution in [3.63, 3.8) is 0 Å². The third-order valence-electron chi connectivity index (χ3n) is 3.96. The van der Waals surface area contributed by atoms with Crippen molar-refractivity contribution in [3.05, 3.63) is 101 Å². The standard InChI is InChI=1S/C20H19N4/c21-23-22-15-7-6-11-19-14-13-18-10-4-5-12-20(18)24(19)16-17-8-2-1-3-9-17/h1-10,12-14H,11,15-16H2/q+1. The maximum atomic E-state index is 8.33. The summed E-state index contributed by atoms with van der Waals surface area (Å²) in [6, 6.07) is 23.2. The molecule has 3 rings (SSSR count). The second kappa shape index (κ2) is 7.95. The molecule has 0 aliphatic heterocycles. The van der Waals surface area contributed by atoms with E-state index in [9.17, 15) is 0 Å². The Hall–Kier alpha value is -3.10. The van der Waals surface area contributed by atoms with Crippen LogP contribution in [0.5, 0.6) is 0 Å². The maximum Gasteiger partial charge on any atom is 0.212 e. The predicted octanol–water partition coefficient (Wildman–Crippen LogP) is 4.58. The summed E-state index contributed by atoms with van der Waals surface area (Å²) >= 11 is 0. The molecule has 0 amide bonds. The van der Waals surface area contributed by atoms with Crippen LogP contribution in [0.15, 0.2) is 84.0 Å². The Morgan fingerprint density at radius 2 is 1.71 bits per heavy atom. The van der Waals surface area contributed by atoms with Gasteiger partial charge in [0.1, 0.15) is 0 Å². The van der Waals surface area contributed by atoms with Gasteiger partial charge in [0.15, 0.2) is 12.2 Å². The number of benzene rings is 2. The van der Waals surface area contributed by atoms with E-state index in [0.29, 0.717) is 6.54 Å². The molecule has 0 N–H and O–H groups in total. The Kier molecular flexibility index (Phi) is 5.23. The molecule has 0 spiro atoms. The molecule has 0 fully saturated rings. The van der Waals surface area contributed by atoms with Crippen molar-refractivity contribution in [3.8, 4) is 0 Å². The van der Waals surface area contributed by atoms with Crippen molar-refractivity contribution in [2.45, 2.75) is 13.0 Å². The number of para-hydroxylation sites is 1. The molecule has 1 heterocycles. The highest BCUT2D eigenvalue weighted by atomic mass is 15.1. The van der Waals surface area contributed by atoms with Gasteiger partial charge < -0.3 is 0 Å². The van der Waals surface area contributed by atoms with E-state index in [1.165, 1.54) is 22.2 Å². The Morgan fingerprint density at radius 1 is 0.917 bits per heavy atom. The number of aromatic nitrogens is 1. The summed E-state index contributed by atoms with van der Waals surface area (Å²) in [6.45, 7) is 1.23. The molecule has 2 aromatic carbocycles. The van der Waals surface area contributed by atoms with E-state index in [2.05, 4.69) is 81.3 Å². The smallest absolute Gasteiger partial charge is 0.191 e. The highest BCUT2D eigenvalue weighted by Gasteiger charge is 2.14. The third-order valence-corrected chi connectivity index (χ3v) is 3.96. The van der Waals surface area contributed by atoms with Crippen LogP contribution in [0.1, 0.15) is 11.3 Å². The summed E-state index contributed by atoms with van der Waals surface area (Å²) in [7, 11) is 0. The fourth-order valence-corrected chi connectivity index (χ4v) is 2.80. The van der Waals surface area contributed by atoms with Gasteiger partial charge in [-0.25, -0.2) is 0 Å². The average Bonchev–Trinajstić information content (AvgIpc) is 2.64. The Labute approximate surface area is 141 Å². The quantitative estimate of drug-likeness (QED) is 0.210. The number of hydrogen-bond acceptors (Lipinski definition) is 1. The van der Waals surface area contributed by atoms with Gasteiger partial charge in [0.2, 0.25) is 5.52 Å². The lowest BCUT2D eigenvalue weighted by atomic mass is 10.1. The van der Waals surface area contributed by atoms with Crippen LogP contribution in [0.2, 0.25) is 0 Å². The predicted molar refractivity (Wildman–Crippen MR) is 96.5 cm³/mol. The van der Waals surface area contributed by atoms with Crippen molar-refractivity contribution < 1.29 is 4.57 Å². The van der Waals surface area contributed by atoms with Crippen molar-refractivity contribution in [1.29, 1.82) is 0 Å². The SMILES string of the molecule is [N-]=[N+]=NCC=CCc1ccc2ccccc2[n+]1Cc1ccccc1.